The lowest BCUT2D eigenvalue weighted by Crippen LogP contribution is -2.41. The second-order valence-electron chi connectivity index (χ2n) is 6.61. The summed E-state index contributed by atoms with van der Waals surface area (Å²) in [5, 5.41) is 18.4. The van der Waals surface area contributed by atoms with Gasteiger partial charge in [-0.3, -0.25) is 0 Å². The molecule has 0 aromatic heterocycles. The van der Waals surface area contributed by atoms with Gasteiger partial charge in [0.1, 0.15) is 12.1 Å². The highest BCUT2D eigenvalue weighted by atomic mass is 31.1. The molecule has 5 nitrogen and oxygen atoms in total. The summed E-state index contributed by atoms with van der Waals surface area (Å²) in [7, 11) is -5.27. The van der Waals surface area contributed by atoms with Gasteiger partial charge in [0, 0.05) is 6.42 Å². The van der Waals surface area contributed by atoms with Crippen molar-refractivity contribution in [2.24, 2.45) is 0 Å². The van der Waals surface area contributed by atoms with Crippen LogP contribution in [0.4, 0.5) is 0 Å². The molecule has 1 atom stereocenters. The Morgan fingerprint density at radius 2 is 1.55 bits per heavy atom. The number of nitrogens with zero attached hydrogens (tertiary/aromatic N) is 2. The summed E-state index contributed by atoms with van der Waals surface area (Å²) in [5.74, 6) is 0. The molecule has 0 amide bonds. The number of hydrogen-bond donors (Lipinski definition) is 0. The minimum absolute atomic E-state index is 0.161. The van der Waals surface area contributed by atoms with Crippen LogP contribution in [0.1, 0.15) is 6.42 Å². The van der Waals surface area contributed by atoms with Crippen molar-refractivity contribution in [2.45, 2.75) is 51.3 Å². The van der Waals surface area contributed by atoms with Crippen LogP contribution in [-0.2, 0) is 13.4 Å². The third-order valence-corrected chi connectivity index (χ3v) is 5.55. The van der Waals surface area contributed by atoms with Crippen molar-refractivity contribution in [3.05, 3.63) is 0 Å². The van der Waals surface area contributed by atoms with Crippen molar-refractivity contribution in [3.8, 4) is 12.1 Å². The Morgan fingerprint density at radius 1 is 1.05 bits per heavy atom. The zero-order valence-electron chi connectivity index (χ0n) is 13.2. The molecule has 112 valence electrons. The normalized spacial score (nSPS) is 13.5. The number of rotatable bonds is 8. The summed E-state index contributed by atoms with van der Waals surface area (Å²) in [6, 6.07) is 3.88. The molecule has 0 aliphatic carbocycles. The van der Waals surface area contributed by atoms with Crippen LogP contribution in [0.25, 0.3) is 0 Å². The Labute approximate surface area is 124 Å². The van der Waals surface area contributed by atoms with Crippen molar-refractivity contribution in [1.29, 1.82) is 10.5 Å². The lowest BCUT2D eigenvalue weighted by atomic mass is 10.1. The molecule has 0 rings (SSSR count). The lowest BCUT2D eigenvalue weighted by Gasteiger charge is -2.26. The van der Waals surface area contributed by atoms with E-state index in [9.17, 15) is 15.1 Å². The van der Waals surface area contributed by atoms with Gasteiger partial charge in [-0.25, -0.2) is 0 Å². The maximum Gasteiger partial charge on any atom is 0.366 e. The van der Waals surface area contributed by atoms with Gasteiger partial charge in [-0.05, 0) is 39.3 Å². The van der Waals surface area contributed by atoms with Gasteiger partial charge in [-0.2, -0.15) is 10.5 Å². The van der Waals surface area contributed by atoms with E-state index in [1.54, 1.807) is 0 Å². The van der Waals surface area contributed by atoms with E-state index in [-0.39, 0.29) is 18.9 Å². The van der Waals surface area contributed by atoms with Gasteiger partial charge >= 0.3 is 7.80 Å². The van der Waals surface area contributed by atoms with Gasteiger partial charge in [0.05, 0.1) is 0 Å². The fraction of sp³-hybridized carbons (Fsp3) is 0.833. The van der Waals surface area contributed by atoms with Crippen LogP contribution in [0.2, 0.25) is 39.3 Å². The molecular formula is C12H24N2O3PSi2+. The van der Waals surface area contributed by atoms with E-state index >= 15 is 0 Å². The average molecular weight is 331 g/mol. The molecule has 0 spiro atoms. The summed E-state index contributed by atoms with van der Waals surface area (Å²) >= 11 is 0. The molecule has 0 heterocycles. The average Bonchev–Trinajstić information content (AvgIpc) is 2.29. The fourth-order valence-electron chi connectivity index (χ4n) is 1.37. The van der Waals surface area contributed by atoms with Gasteiger partial charge in [0.25, 0.3) is 0 Å². The maximum absolute atomic E-state index is 11.9. The minimum atomic E-state index is -2.02. The predicted molar refractivity (Wildman–Crippen MR) is 84.8 cm³/mol. The van der Waals surface area contributed by atoms with Crippen LogP contribution in [-0.4, -0.2) is 34.7 Å². The molecule has 1 unspecified atom stereocenters. The molecule has 0 bridgehead atoms. The highest BCUT2D eigenvalue weighted by molar-refractivity contribution is 7.44. The standard InChI is InChI=1S/C12H24N2O3PSi2/c1-19(2,3)16-11-18(15)8-7-12(9-13,10-14)17-20(4,5)6/h7-8,11H2,1-6H3/q+1. The second-order valence-corrected chi connectivity index (χ2v) is 17.2. The van der Waals surface area contributed by atoms with Crippen LogP contribution < -0.4 is 0 Å². The van der Waals surface area contributed by atoms with Crippen molar-refractivity contribution in [1.82, 2.24) is 0 Å². The van der Waals surface area contributed by atoms with Crippen molar-refractivity contribution in [2.75, 3.05) is 12.5 Å². The predicted octanol–water partition coefficient (Wildman–Crippen LogP) is 3.65. The first-order chi connectivity index (χ1) is 8.93. The summed E-state index contributed by atoms with van der Waals surface area (Å²) in [4.78, 5) is 0. The van der Waals surface area contributed by atoms with Gasteiger partial charge in [-0.15, -0.1) is 0 Å². The van der Waals surface area contributed by atoms with Gasteiger partial charge in [0.15, 0.2) is 22.8 Å². The molecule has 0 saturated carbocycles. The van der Waals surface area contributed by atoms with E-state index in [2.05, 4.69) is 0 Å². The first-order valence-corrected chi connectivity index (χ1v) is 15.0. The monoisotopic (exact) mass is 331 g/mol. The molecule has 0 N–H and O–H groups in total. The number of hydrogen-bond acceptors (Lipinski definition) is 5. The quantitative estimate of drug-likeness (QED) is 0.501. The van der Waals surface area contributed by atoms with Crippen LogP contribution in [0.5, 0.6) is 0 Å². The summed E-state index contributed by atoms with van der Waals surface area (Å²) in [6.07, 6.45) is 0.630. The molecule has 8 heteroatoms. The summed E-state index contributed by atoms with van der Waals surface area (Å²) in [5.41, 5.74) is -1.48. The Balaban J connectivity index is 4.55. The third-order valence-electron chi connectivity index (χ3n) is 2.20. The van der Waals surface area contributed by atoms with Crippen molar-refractivity contribution >= 4 is 24.4 Å². The first-order valence-electron chi connectivity index (χ1n) is 6.52. The minimum Gasteiger partial charge on any atom is -0.389 e. The van der Waals surface area contributed by atoms with Crippen molar-refractivity contribution < 1.29 is 13.4 Å². The molecule has 0 fully saturated rings. The van der Waals surface area contributed by atoms with Gasteiger partial charge in [0.2, 0.25) is 11.9 Å². The summed E-state index contributed by atoms with van der Waals surface area (Å²) in [6.45, 7) is 11.8. The van der Waals surface area contributed by atoms with Crippen LogP contribution in [0.15, 0.2) is 0 Å². The third kappa shape index (κ3) is 8.57. The molecule has 0 aromatic rings. The van der Waals surface area contributed by atoms with E-state index < -0.39 is 30.0 Å². The molecule has 0 saturated heterocycles. The van der Waals surface area contributed by atoms with Crippen LogP contribution in [0.3, 0.4) is 0 Å². The van der Waals surface area contributed by atoms with Crippen LogP contribution >= 0.6 is 7.80 Å². The molecular weight excluding hydrogens is 307 g/mol. The molecule has 0 aromatic carbocycles. The zero-order chi connectivity index (χ0) is 16.0. The Morgan fingerprint density at radius 3 is 1.90 bits per heavy atom. The van der Waals surface area contributed by atoms with E-state index in [1.165, 1.54) is 0 Å². The SMILES string of the molecule is C[Si](C)(C)OC[P+](=O)CCC(C#N)(C#N)O[Si](C)(C)C. The first kappa shape index (κ1) is 19.4. The van der Waals surface area contributed by atoms with Gasteiger partial charge in [-0.1, -0.05) is 4.57 Å². The number of nitriles is 2. The van der Waals surface area contributed by atoms with Crippen LogP contribution in [0, 0.1) is 22.7 Å². The smallest absolute Gasteiger partial charge is 0.366 e. The Kier molecular flexibility index (Phi) is 7.23. The van der Waals surface area contributed by atoms with E-state index in [1.807, 2.05) is 51.4 Å². The topological polar surface area (TPSA) is 83.1 Å². The maximum atomic E-state index is 11.9. The van der Waals surface area contributed by atoms with Gasteiger partial charge < -0.3 is 8.85 Å². The molecule has 0 radical (unpaired) electrons. The Hall–Kier alpha value is -0.566. The Bertz CT molecular complexity index is 416. The van der Waals surface area contributed by atoms with E-state index in [4.69, 9.17) is 8.85 Å². The fourth-order valence-corrected chi connectivity index (χ4v) is 5.43. The second kappa shape index (κ2) is 7.44. The highest BCUT2D eigenvalue weighted by Crippen LogP contribution is 2.29. The van der Waals surface area contributed by atoms with Crippen molar-refractivity contribution in [3.63, 3.8) is 0 Å². The largest absolute Gasteiger partial charge is 0.389 e. The van der Waals surface area contributed by atoms with E-state index in [0.29, 0.717) is 0 Å². The lowest BCUT2D eigenvalue weighted by molar-refractivity contribution is 0.174. The molecule has 0 aliphatic rings. The summed E-state index contributed by atoms with van der Waals surface area (Å²) < 4.78 is 23.2. The highest BCUT2D eigenvalue weighted by Gasteiger charge is 2.39. The zero-order valence-corrected chi connectivity index (χ0v) is 16.1. The molecule has 20 heavy (non-hydrogen) atoms. The van der Waals surface area contributed by atoms with E-state index in [0.717, 1.165) is 0 Å². The molecule has 0 aliphatic heterocycles.